The van der Waals surface area contributed by atoms with Gasteiger partial charge in [0.05, 0.1) is 36.6 Å². The fraction of sp³-hybridized carbons (Fsp3) is 0.524. The van der Waals surface area contributed by atoms with Gasteiger partial charge < -0.3 is 9.30 Å². The predicted octanol–water partition coefficient (Wildman–Crippen LogP) is 1.92. The van der Waals surface area contributed by atoms with Crippen LogP contribution in [0.3, 0.4) is 0 Å². The third-order valence-electron chi connectivity index (χ3n) is 6.10. The number of ether oxygens (including phenoxy) is 1. The van der Waals surface area contributed by atoms with Crippen LogP contribution in [0.1, 0.15) is 42.8 Å². The van der Waals surface area contributed by atoms with Gasteiger partial charge in [0.2, 0.25) is 0 Å². The third kappa shape index (κ3) is 3.26. The topological polar surface area (TPSA) is 78.1 Å². The first-order valence-electron chi connectivity index (χ1n) is 10.4. The van der Waals surface area contributed by atoms with Crippen molar-refractivity contribution in [3.63, 3.8) is 0 Å². The molecule has 1 fully saturated rings. The zero-order valence-electron chi connectivity index (χ0n) is 16.8. The average Bonchev–Trinajstić information content (AvgIpc) is 3.46. The van der Waals surface area contributed by atoms with Crippen LogP contribution in [0, 0.1) is 0 Å². The number of para-hydroxylation sites is 1. The van der Waals surface area contributed by atoms with Gasteiger partial charge in [-0.25, -0.2) is 4.98 Å². The molecule has 2 aromatic heterocycles. The summed E-state index contributed by atoms with van der Waals surface area (Å²) in [5.41, 5.74) is 0.772. The van der Waals surface area contributed by atoms with Gasteiger partial charge in [0.15, 0.2) is 0 Å². The number of nitrogens with zero attached hydrogens (tertiary/aromatic N) is 6. The monoisotopic (exact) mass is 394 g/mol. The summed E-state index contributed by atoms with van der Waals surface area (Å²) in [6.45, 7) is 3.71. The summed E-state index contributed by atoms with van der Waals surface area (Å²) >= 11 is 0. The molecular formula is C21H26N6O2. The third-order valence-corrected chi connectivity index (χ3v) is 6.10. The second kappa shape index (κ2) is 7.68. The molecule has 152 valence electrons. The minimum atomic E-state index is 0.0119. The van der Waals surface area contributed by atoms with E-state index in [4.69, 9.17) is 9.72 Å². The number of likely N-dealkylation sites (tertiary alicyclic amines) is 1. The van der Waals surface area contributed by atoms with Gasteiger partial charge in [-0.2, -0.15) is 0 Å². The Balaban J connectivity index is 1.53. The smallest absolute Gasteiger partial charge is 0.261 e. The molecule has 8 nitrogen and oxygen atoms in total. The van der Waals surface area contributed by atoms with Crippen molar-refractivity contribution in [3.8, 4) is 0 Å². The highest BCUT2D eigenvalue weighted by atomic mass is 16.5. The van der Waals surface area contributed by atoms with Crippen LogP contribution in [0.2, 0.25) is 0 Å². The van der Waals surface area contributed by atoms with Crippen LogP contribution >= 0.6 is 0 Å². The van der Waals surface area contributed by atoms with Crippen molar-refractivity contribution in [1.29, 1.82) is 0 Å². The van der Waals surface area contributed by atoms with Crippen LogP contribution in [-0.4, -0.2) is 49.5 Å². The lowest BCUT2D eigenvalue weighted by molar-refractivity contribution is 0.178. The molecule has 5 rings (SSSR count). The van der Waals surface area contributed by atoms with E-state index in [1.165, 1.54) is 0 Å². The maximum atomic E-state index is 13.2. The summed E-state index contributed by atoms with van der Waals surface area (Å²) in [6, 6.07) is 7.69. The van der Waals surface area contributed by atoms with Crippen molar-refractivity contribution in [2.75, 3.05) is 20.3 Å². The maximum Gasteiger partial charge on any atom is 0.261 e. The Kier molecular flexibility index (Phi) is 4.89. The molecule has 0 aliphatic carbocycles. The van der Waals surface area contributed by atoms with Crippen molar-refractivity contribution in [1.82, 2.24) is 29.2 Å². The van der Waals surface area contributed by atoms with Crippen LogP contribution < -0.4 is 5.56 Å². The van der Waals surface area contributed by atoms with Crippen LogP contribution in [0.5, 0.6) is 0 Å². The molecule has 0 saturated carbocycles. The lowest BCUT2D eigenvalue weighted by atomic mass is 10.1. The Morgan fingerprint density at radius 3 is 2.97 bits per heavy atom. The molecule has 0 spiro atoms. The van der Waals surface area contributed by atoms with Crippen LogP contribution in [0.25, 0.3) is 10.9 Å². The van der Waals surface area contributed by atoms with E-state index >= 15 is 0 Å². The first kappa shape index (κ1) is 18.4. The van der Waals surface area contributed by atoms with Gasteiger partial charge in [-0.1, -0.05) is 12.1 Å². The predicted molar refractivity (Wildman–Crippen MR) is 109 cm³/mol. The van der Waals surface area contributed by atoms with E-state index in [1.54, 1.807) is 7.11 Å². The standard InChI is InChI=1S/C21H26N6O2/c1-29-13-12-27-20(22-16-7-3-2-6-15(16)21(27)28)17-8-4-10-25(17)14-19-24-23-18-9-5-11-26(18)19/h2-3,6-7,17H,4-5,8-14H2,1H3. The molecule has 1 saturated heterocycles. The van der Waals surface area contributed by atoms with E-state index in [0.717, 1.165) is 68.3 Å². The molecule has 1 aromatic carbocycles. The molecule has 8 heteroatoms. The minimum Gasteiger partial charge on any atom is -0.383 e. The first-order valence-corrected chi connectivity index (χ1v) is 10.4. The molecule has 2 aliphatic rings. The fourth-order valence-corrected chi connectivity index (χ4v) is 4.66. The van der Waals surface area contributed by atoms with Crippen molar-refractivity contribution < 1.29 is 4.74 Å². The number of hydrogen-bond donors (Lipinski definition) is 0. The summed E-state index contributed by atoms with van der Waals surface area (Å²) < 4.78 is 9.33. The zero-order chi connectivity index (χ0) is 19.8. The van der Waals surface area contributed by atoms with Gasteiger partial charge >= 0.3 is 0 Å². The second-order valence-corrected chi connectivity index (χ2v) is 7.85. The van der Waals surface area contributed by atoms with Crippen molar-refractivity contribution in [2.45, 2.75) is 51.4 Å². The Bertz CT molecular complexity index is 1090. The van der Waals surface area contributed by atoms with Crippen LogP contribution in [0.4, 0.5) is 0 Å². The van der Waals surface area contributed by atoms with Gasteiger partial charge in [-0.3, -0.25) is 14.3 Å². The number of aromatic nitrogens is 5. The summed E-state index contributed by atoms with van der Waals surface area (Å²) in [6.07, 6.45) is 4.22. The second-order valence-electron chi connectivity index (χ2n) is 7.85. The Morgan fingerprint density at radius 1 is 1.17 bits per heavy atom. The van der Waals surface area contributed by atoms with E-state index in [2.05, 4.69) is 19.7 Å². The lowest BCUT2D eigenvalue weighted by Gasteiger charge is -2.26. The molecule has 0 N–H and O–H groups in total. The highest BCUT2D eigenvalue weighted by Gasteiger charge is 2.32. The Labute approximate surface area is 169 Å². The fourth-order valence-electron chi connectivity index (χ4n) is 4.66. The highest BCUT2D eigenvalue weighted by molar-refractivity contribution is 5.77. The molecule has 0 bridgehead atoms. The van der Waals surface area contributed by atoms with Crippen LogP contribution in [0.15, 0.2) is 29.1 Å². The molecule has 0 amide bonds. The van der Waals surface area contributed by atoms with Gasteiger partial charge in [-0.15, -0.1) is 10.2 Å². The van der Waals surface area contributed by atoms with Crippen molar-refractivity contribution >= 4 is 10.9 Å². The van der Waals surface area contributed by atoms with Crippen molar-refractivity contribution in [3.05, 3.63) is 52.1 Å². The average molecular weight is 394 g/mol. The maximum absolute atomic E-state index is 13.2. The SMILES string of the molecule is COCCn1c(C2CCCN2Cc2nnc3n2CCC3)nc2ccccc2c1=O. The van der Waals surface area contributed by atoms with Gasteiger partial charge in [0, 0.05) is 20.1 Å². The largest absolute Gasteiger partial charge is 0.383 e. The Hall–Kier alpha value is -2.58. The molecule has 2 aliphatic heterocycles. The van der Waals surface area contributed by atoms with E-state index in [0.29, 0.717) is 18.5 Å². The lowest BCUT2D eigenvalue weighted by Crippen LogP contribution is -2.33. The van der Waals surface area contributed by atoms with Gasteiger partial charge in [0.25, 0.3) is 5.56 Å². The zero-order valence-corrected chi connectivity index (χ0v) is 16.8. The highest BCUT2D eigenvalue weighted by Crippen LogP contribution is 2.32. The molecule has 0 radical (unpaired) electrons. The summed E-state index contributed by atoms with van der Waals surface area (Å²) in [5.74, 6) is 2.96. The normalized spacial score (nSPS) is 19.3. The van der Waals surface area contributed by atoms with Gasteiger partial charge in [0.1, 0.15) is 17.5 Å². The van der Waals surface area contributed by atoms with E-state index in [-0.39, 0.29) is 11.6 Å². The number of aryl methyl sites for hydroxylation is 1. The van der Waals surface area contributed by atoms with Crippen LogP contribution in [-0.2, 0) is 30.8 Å². The number of fused-ring (bicyclic) bond motifs is 2. The Morgan fingerprint density at radius 2 is 2.07 bits per heavy atom. The number of benzene rings is 1. The van der Waals surface area contributed by atoms with E-state index in [1.807, 2.05) is 28.8 Å². The molecular weight excluding hydrogens is 368 g/mol. The van der Waals surface area contributed by atoms with E-state index < -0.39 is 0 Å². The number of rotatable bonds is 6. The molecule has 1 unspecified atom stereocenters. The summed E-state index contributed by atoms with van der Waals surface area (Å²) in [4.78, 5) is 20.6. The number of methoxy groups -OCH3 is 1. The first-order chi connectivity index (χ1) is 14.3. The molecule has 3 aromatic rings. The van der Waals surface area contributed by atoms with Gasteiger partial charge in [-0.05, 0) is 37.9 Å². The molecule has 4 heterocycles. The summed E-state index contributed by atoms with van der Waals surface area (Å²) in [7, 11) is 1.66. The quantitative estimate of drug-likeness (QED) is 0.636. The molecule has 29 heavy (non-hydrogen) atoms. The molecule has 1 atom stereocenters. The van der Waals surface area contributed by atoms with Crippen molar-refractivity contribution in [2.24, 2.45) is 0 Å². The summed E-state index contributed by atoms with van der Waals surface area (Å²) in [5, 5.41) is 9.44. The number of hydrogen-bond acceptors (Lipinski definition) is 6. The van der Waals surface area contributed by atoms with E-state index in [9.17, 15) is 4.79 Å². The minimum absolute atomic E-state index is 0.0119.